The van der Waals surface area contributed by atoms with E-state index in [2.05, 4.69) is 17.1 Å². The van der Waals surface area contributed by atoms with Gasteiger partial charge in [-0.25, -0.2) is 0 Å². The minimum Gasteiger partial charge on any atom is -0.480 e. The fourth-order valence-electron chi connectivity index (χ4n) is 2.65. The molecular formula is C13H26N2O2. The summed E-state index contributed by atoms with van der Waals surface area (Å²) in [4.78, 5) is 13.7. The third kappa shape index (κ3) is 3.96. The molecule has 1 aliphatic rings. The summed E-state index contributed by atoms with van der Waals surface area (Å²) in [5.74, 6) is -0.0155. The van der Waals surface area contributed by atoms with Crippen molar-refractivity contribution in [2.75, 3.05) is 19.6 Å². The summed E-state index contributed by atoms with van der Waals surface area (Å²) < 4.78 is 0. The first kappa shape index (κ1) is 14.5. The Bertz CT molecular complexity index is 268. The van der Waals surface area contributed by atoms with Gasteiger partial charge in [-0.1, -0.05) is 13.3 Å². The molecule has 1 heterocycles. The van der Waals surface area contributed by atoms with Gasteiger partial charge in [0.15, 0.2) is 0 Å². The highest BCUT2D eigenvalue weighted by Gasteiger charge is 2.37. The smallest absolute Gasteiger partial charge is 0.324 e. The molecule has 1 fully saturated rings. The quantitative estimate of drug-likeness (QED) is 0.742. The summed E-state index contributed by atoms with van der Waals surface area (Å²) in [6.45, 7) is 10.6. The molecule has 0 aliphatic carbocycles. The van der Waals surface area contributed by atoms with Gasteiger partial charge in [-0.2, -0.15) is 0 Å². The lowest BCUT2D eigenvalue weighted by molar-refractivity contribution is -0.145. The van der Waals surface area contributed by atoms with Crippen LogP contribution < -0.4 is 5.32 Å². The van der Waals surface area contributed by atoms with Gasteiger partial charge in [0.25, 0.3) is 0 Å². The van der Waals surface area contributed by atoms with Crippen molar-refractivity contribution in [3.63, 3.8) is 0 Å². The topological polar surface area (TPSA) is 52.6 Å². The Morgan fingerprint density at radius 3 is 2.65 bits per heavy atom. The molecule has 1 rings (SSSR count). The number of carbonyl (C=O) groups is 1. The Labute approximate surface area is 104 Å². The first-order valence-corrected chi connectivity index (χ1v) is 6.61. The molecule has 0 aromatic carbocycles. The second-order valence-corrected chi connectivity index (χ2v) is 5.73. The molecule has 2 atom stereocenters. The summed E-state index contributed by atoms with van der Waals surface area (Å²) in [6, 6.07) is 0.181. The maximum atomic E-state index is 11.4. The van der Waals surface area contributed by atoms with Gasteiger partial charge in [0.1, 0.15) is 5.54 Å². The number of nitrogens with one attached hydrogen (secondary N) is 1. The molecule has 0 bridgehead atoms. The molecule has 4 heteroatoms. The molecule has 0 spiro atoms. The zero-order valence-electron chi connectivity index (χ0n) is 11.5. The van der Waals surface area contributed by atoms with Gasteiger partial charge in [-0.05, 0) is 39.7 Å². The molecule has 1 aliphatic heterocycles. The second-order valence-electron chi connectivity index (χ2n) is 5.73. The van der Waals surface area contributed by atoms with E-state index in [9.17, 15) is 9.90 Å². The van der Waals surface area contributed by atoms with Gasteiger partial charge >= 0.3 is 5.97 Å². The zero-order valence-corrected chi connectivity index (χ0v) is 11.5. The SMILES string of the molecule is CCC1CCN(CC(C)(NC(C)C)C(=O)O)C1. The first-order chi connectivity index (χ1) is 7.87. The van der Waals surface area contributed by atoms with Crippen LogP contribution in [-0.4, -0.2) is 47.2 Å². The summed E-state index contributed by atoms with van der Waals surface area (Å²) in [6.07, 6.45) is 2.39. The molecule has 100 valence electrons. The molecule has 0 saturated carbocycles. The van der Waals surface area contributed by atoms with Crippen LogP contribution in [0.3, 0.4) is 0 Å². The molecule has 0 radical (unpaired) electrons. The standard InChI is InChI=1S/C13H26N2O2/c1-5-11-6-7-15(8-11)9-13(4,12(16)17)14-10(2)3/h10-11,14H,5-9H2,1-4H3,(H,16,17). The summed E-state index contributed by atoms with van der Waals surface area (Å²) in [5.41, 5.74) is -0.837. The number of rotatable bonds is 6. The van der Waals surface area contributed by atoms with Gasteiger partial charge in [0.2, 0.25) is 0 Å². The Balaban J connectivity index is 2.58. The molecule has 2 unspecified atom stereocenters. The van der Waals surface area contributed by atoms with E-state index in [1.165, 1.54) is 12.8 Å². The number of nitrogens with zero attached hydrogens (tertiary/aromatic N) is 1. The Hall–Kier alpha value is -0.610. The van der Waals surface area contributed by atoms with Crippen LogP contribution in [0.15, 0.2) is 0 Å². The average molecular weight is 242 g/mol. The van der Waals surface area contributed by atoms with Crippen molar-refractivity contribution >= 4 is 5.97 Å². The highest BCUT2D eigenvalue weighted by molar-refractivity contribution is 5.78. The third-order valence-electron chi connectivity index (χ3n) is 3.57. The Kier molecular flexibility index (Phi) is 4.95. The van der Waals surface area contributed by atoms with Crippen molar-refractivity contribution in [1.29, 1.82) is 0 Å². The van der Waals surface area contributed by atoms with Crippen molar-refractivity contribution < 1.29 is 9.90 Å². The minimum atomic E-state index is -0.837. The lowest BCUT2D eigenvalue weighted by Gasteiger charge is -2.32. The molecule has 0 aromatic heterocycles. The van der Waals surface area contributed by atoms with Gasteiger partial charge in [0, 0.05) is 19.1 Å². The zero-order chi connectivity index (χ0) is 13.1. The van der Waals surface area contributed by atoms with E-state index >= 15 is 0 Å². The number of aliphatic carboxylic acids is 1. The number of carboxylic acid groups (broad SMARTS) is 1. The summed E-state index contributed by atoms with van der Waals surface area (Å²) in [7, 11) is 0. The lowest BCUT2D eigenvalue weighted by atomic mass is 10.0. The van der Waals surface area contributed by atoms with Gasteiger partial charge in [0.05, 0.1) is 0 Å². The molecular weight excluding hydrogens is 216 g/mol. The van der Waals surface area contributed by atoms with Crippen LogP contribution in [0.25, 0.3) is 0 Å². The second kappa shape index (κ2) is 5.83. The molecule has 0 amide bonds. The largest absolute Gasteiger partial charge is 0.480 e. The fourth-order valence-corrected chi connectivity index (χ4v) is 2.65. The predicted molar refractivity (Wildman–Crippen MR) is 69.2 cm³/mol. The molecule has 2 N–H and O–H groups in total. The van der Waals surface area contributed by atoms with E-state index in [1.54, 1.807) is 6.92 Å². The monoisotopic (exact) mass is 242 g/mol. The van der Waals surface area contributed by atoms with Crippen LogP contribution in [0.5, 0.6) is 0 Å². The van der Waals surface area contributed by atoms with Gasteiger partial charge in [-0.3, -0.25) is 10.1 Å². The maximum Gasteiger partial charge on any atom is 0.324 e. The van der Waals surface area contributed by atoms with E-state index in [-0.39, 0.29) is 6.04 Å². The predicted octanol–water partition coefficient (Wildman–Crippen LogP) is 1.56. The minimum absolute atomic E-state index is 0.181. The number of carboxylic acids is 1. The maximum absolute atomic E-state index is 11.4. The van der Waals surface area contributed by atoms with Crippen LogP contribution in [0, 0.1) is 5.92 Å². The Morgan fingerprint density at radius 2 is 2.24 bits per heavy atom. The van der Waals surface area contributed by atoms with E-state index in [1.807, 2.05) is 13.8 Å². The van der Waals surface area contributed by atoms with Gasteiger partial charge in [-0.15, -0.1) is 0 Å². The van der Waals surface area contributed by atoms with Crippen LogP contribution in [0.1, 0.15) is 40.5 Å². The van der Waals surface area contributed by atoms with Crippen molar-refractivity contribution in [2.24, 2.45) is 5.92 Å². The Morgan fingerprint density at radius 1 is 1.59 bits per heavy atom. The van der Waals surface area contributed by atoms with Crippen LogP contribution in [0.4, 0.5) is 0 Å². The summed E-state index contributed by atoms with van der Waals surface area (Å²) >= 11 is 0. The first-order valence-electron chi connectivity index (χ1n) is 6.61. The highest BCUT2D eigenvalue weighted by atomic mass is 16.4. The third-order valence-corrected chi connectivity index (χ3v) is 3.57. The van der Waals surface area contributed by atoms with Crippen molar-refractivity contribution in [2.45, 2.75) is 52.1 Å². The van der Waals surface area contributed by atoms with E-state index in [0.717, 1.165) is 19.0 Å². The summed E-state index contributed by atoms with van der Waals surface area (Å²) in [5, 5.41) is 12.5. The van der Waals surface area contributed by atoms with E-state index < -0.39 is 11.5 Å². The number of likely N-dealkylation sites (tertiary alicyclic amines) is 1. The number of hydrogen-bond acceptors (Lipinski definition) is 3. The molecule has 4 nitrogen and oxygen atoms in total. The molecule has 0 aromatic rings. The normalized spacial score (nSPS) is 25.1. The van der Waals surface area contributed by atoms with E-state index in [4.69, 9.17) is 0 Å². The van der Waals surface area contributed by atoms with Crippen molar-refractivity contribution in [1.82, 2.24) is 10.2 Å². The average Bonchev–Trinajstić information content (AvgIpc) is 2.63. The highest BCUT2D eigenvalue weighted by Crippen LogP contribution is 2.21. The van der Waals surface area contributed by atoms with E-state index in [0.29, 0.717) is 6.54 Å². The molecule has 17 heavy (non-hydrogen) atoms. The van der Waals surface area contributed by atoms with Crippen LogP contribution in [-0.2, 0) is 4.79 Å². The van der Waals surface area contributed by atoms with Crippen LogP contribution in [0.2, 0.25) is 0 Å². The molecule has 1 saturated heterocycles. The van der Waals surface area contributed by atoms with Crippen molar-refractivity contribution in [3.8, 4) is 0 Å². The van der Waals surface area contributed by atoms with Gasteiger partial charge < -0.3 is 10.0 Å². The lowest BCUT2D eigenvalue weighted by Crippen LogP contribution is -2.58. The van der Waals surface area contributed by atoms with Crippen molar-refractivity contribution in [3.05, 3.63) is 0 Å². The fraction of sp³-hybridized carbons (Fsp3) is 0.923. The van der Waals surface area contributed by atoms with Crippen LogP contribution >= 0.6 is 0 Å². The number of hydrogen-bond donors (Lipinski definition) is 2.